The minimum absolute atomic E-state index is 0.332. The van der Waals surface area contributed by atoms with Gasteiger partial charge >= 0.3 is 5.97 Å². The summed E-state index contributed by atoms with van der Waals surface area (Å²) in [6.45, 7) is 6.71. The maximum atomic E-state index is 11.5. The van der Waals surface area contributed by atoms with Crippen LogP contribution < -0.4 is 5.73 Å². The van der Waals surface area contributed by atoms with Crippen molar-refractivity contribution in [2.45, 2.75) is 57.7 Å². The highest BCUT2D eigenvalue weighted by molar-refractivity contribution is 5.80. The minimum Gasteiger partial charge on any atom is -0.468 e. The molecule has 0 aliphatic carbocycles. The van der Waals surface area contributed by atoms with Crippen LogP contribution in [0.1, 0.15) is 40.0 Å². The van der Waals surface area contributed by atoms with Crippen molar-refractivity contribution in [3.63, 3.8) is 0 Å². The molecule has 0 aromatic carbocycles. The summed E-state index contributed by atoms with van der Waals surface area (Å²) in [5.41, 5.74) is 5.11. The molecule has 94 valence electrons. The summed E-state index contributed by atoms with van der Waals surface area (Å²) in [5, 5.41) is 0. The van der Waals surface area contributed by atoms with E-state index in [1.807, 2.05) is 0 Å². The van der Waals surface area contributed by atoms with Crippen molar-refractivity contribution in [2.24, 2.45) is 5.73 Å². The smallest absolute Gasteiger partial charge is 0.326 e. The van der Waals surface area contributed by atoms with Crippen LogP contribution in [0.5, 0.6) is 0 Å². The van der Waals surface area contributed by atoms with Gasteiger partial charge in [-0.05, 0) is 33.1 Å². The van der Waals surface area contributed by atoms with Gasteiger partial charge in [0, 0.05) is 18.6 Å². The molecule has 3 unspecified atom stereocenters. The topological polar surface area (TPSA) is 55.6 Å². The molecule has 1 aliphatic heterocycles. The van der Waals surface area contributed by atoms with Crippen molar-refractivity contribution in [2.75, 3.05) is 13.7 Å². The summed E-state index contributed by atoms with van der Waals surface area (Å²) in [5.74, 6) is -0.332. The van der Waals surface area contributed by atoms with E-state index in [9.17, 15) is 4.79 Å². The quantitative estimate of drug-likeness (QED) is 0.733. The van der Waals surface area contributed by atoms with Gasteiger partial charge in [0.25, 0.3) is 0 Å². The second-order valence-corrected chi connectivity index (χ2v) is 5.07. The Morgan fingerprint density at radius 2 is 2.19 bits per heavy atom. The van der Waals surface area contributed by atoms with Gasteiger partial charge in [-0.15, -0.1) is 0 Å². The Bertz CT molecular complexity index is 253. The van der Waals surface area contributed by atoms with E-state index >= 15 is 0 Å². The van der Waals surface area contributed by atoms with Gasteiger partial charge < -0.3 is 10.5 Å². The molecule has 0 aromatic rings. The lowest BCUT2D eigenvalue weighted by atomic mass is 10.0. The van der Waals surface area contributed by atoms with Crippen LogP contribution in [0.25, 0.3) is 0 Å². The maximum absolute atomic E-state index is 11.5. The molecule has 1 rings (SSSR count). The third kappa shape index (κ3) is 2.74. The van der Waals surface area contributed by atoms with E-state index in [4.69, 9.17) is 10.5 Å². The Balaban J connectivity index is 2.67. The number of methoxy groups -OCH3 is 1. The number of carbonyl (C=O) groups excluding carboxylic acids is 1. The number of rotatable bonds is 4. The predicted molar refractivity (Wildman–Crippen MR) is 64.1 cm³/mol. The number of hydrogen-bond acceptors (Lipinski definition) is 4. The van der Waals surface area contributed by atoms with Crippen LogP contribution in [0.15, 0.2) is 0 Å². The van der Waals surface area contributed by atoms with Crippen molar-refractivity contribution >= 4 is 5.97 Å². The van der Waals surface area contributed by atoms with Crippen molar-refractivity contribution in [3.8, 4) is 0 Å². The highest BCUT2D eigenvalue weighted by Gasteiger charge is 2.38. The maximum Gasteiger partial charge on any atom is 0.326 e. The third-order valence-corrected chi connectivity index (χ3v) is 3.59. The van der Waals surface area contributed by atoms with Crippen molar-refractivity contribution in [1.82, 2.24) is 4.90 Å². The molecule has 0 aromatic heterocycles. The van der Waals surface area contributed by atoms with E-state index in [0.29, 0.717) is 18.6 Å². The molecule has 0 amide bonds. The Kier molecular flexibility index (Phi) is 4.33. The molecule has 16 heavy (non-hydrogen) atoms. The fourth-order valence-electron chi connectivity index (χ4n) is 2.53. The molecule has 0 spiro atoms. The molecular weight excluding hydrogens is 204 g/mol. The lowest BCUT2D eigenvalue weighted by Gasteiger charge is -2.34. The second kappa shape index (κ2) is 5.15. The van der Waals surface area contributed by atoms with Crippen molar-refractivity contribution < 1.29 is 9.53 Å². The average molecular weight is 228 g/mol. The zero-order valence-corrected chi connectivity index (χ0v) is 10.8. The molecule has 0 radical (unpaired) electrons. The van der Waals surface area contributed by atoms with Crippen LogP contribution in [0.4, 0.5) is 0 Å². The monoisotopic (exact) mass is 228 g/mol. The highest BCUT2D eigenvalue weighted by Crippen LogP contribution is 2.27. The lowest BCUT2D eigenvalue weighted by molar-refractivity contribution is -0.147. The SMILES string of the molecule is CCC1CCC(C)N1CC(C)(N)C(=O)OC. The zero-order valence-electron chi connectivity index (χ0n) is 10.8. The first-order chi connectivity index (χ1) is 7.42. The number of hydrogen-bond donors (Lipinski definition) is 1. The molecule has 2 N–H and O–H groups in total. The fourth-order valence-corrected chi connectivity index (χ4v) is 2.53. The molecular formula is C12H24N2O2. The molecule has 1 heterocycles. The molecule has 0 bridgehead atoms. The van der Waals surface area contributed by atoms with E-state index < -0.39 is 5.54 Å². The van der Waals surface area contributed by atoms with E-state index in [2.05, 4.69) is 18.7 Å². The normalized spacial score (nSPS) is 30.1. The zero-order chi connectivity index (χ0) is 12.3. The number of nitrogens with two attached hydrogens (primary N) is 1. The van der Waals surface area contributed by atoms with Crippen LogP contribution in [0.3, 0.4) is 0 Å². The summed E-state index contributed by atoms with van der Waals surface area (Å²) in [7, 11) is 1.39. The summed E-state index contributed by atoms with van der Waals surface area (Å²) >= 11 is 0. The number of likely N-dealkylation sites (tertiary alicyclic amines) is 1. The highest BCUT2D eigenvalue weighted by atomic mass is 16.5. The van der Waals surface area contributed by atoms with Crippen molar-refractivity contribution in [1.29, 1.82) is 0 Å². The van der Waals surface area contributed by atoms with Gasteiger partial charge in [0.1, 0.15) is 5.54 Å². The number of esters is 1. The Morgan fingerprint density at radius 3 is 2.69 bits per heavy atom. The third-order valence-electron chi connectivity index (χ3n) is 3.59. The summed E-state index contributed by atoms with van der Waals surface area (Å²) in [6, 6.07) is 1.07. The standard InChI is InChI=1S/C12H24N2O2/c1-5-10-7-6-9(2)14(10)8-12(3,13)11(15)16-4/h9-10H,5-8,13H2,1-4H3. The van der Waals surface area contributed by atoms with E-state index in [1.54, 1.807) is 6.92 Å². The van der Waals surface area contributed by atoms with Crippen LogP contribution in [0.2, 0.25) is 0 Å². The summed E-state index contributed by atoms with van der Waals surface area (Å²) < 4.78 is 4.74. The van der Waals surface area contributed by atoms with Crippen LogP contribution in [0, 0.1) is 0 Å². The van der Waals surface area contributed by atoms with Crippen LogP contribution in [-0.2, 0) is 9.53 Å². The molecule has 0 saturated carbocycles. The molecule has 4 nitrogen and oxygen atoms in total. The molecule has 1 fully saturated rings. The largest absolute Gasteiger partial charge is 0.468 e. The van der Waals surface area contributed by atoms with Gasteiger partial charge in [0.05, 0.1) is 7.11 Å². The first kappa shape index (κ1) is 13.5. The van der Waals surface area contributed by atoms with Gasteiger partial charge in [-0.3, -0.25) is 9.69 Å². The first-order valence-electron chi connectivity index (χ1n) is 6.05. The molecule has 3 atom stereocenters. The average Bonchev–Trinajstić information content (AvgIpc) is 2.58. The van der Waals surface area contributed by atoms with E-state index in [0.717, 1.165) is 6.42 Å². The fraction of sp³-hybridized carbons (Fsp3) is 0.917. The predicted octanol–water partition coefficient (Wildman–Crippen LogP) is 1.14. The molecule has 1 aliphatic rings. The van der Waals surface area contributed by atoms with Crippen molar-refractivity contribution in [3.05, 3.63) is 0 Å². The number of carbonyl (C=O) groups is 1. The van der Waals surface area contributed by atoms with Gasteiger partial charge in [-0.1, -0.05) is 6.92 Å². The van der Waals surface area contributed by atoms with Crippen LogP contribution >= 0.6 is 0 Å². The molecule has 4 heteroatoms. The van der Waals surface area contributed by atoms with Gasteiger partial charge in [0.15, 0.2) is 0 Å². The van der Waals surface area contributed by atoms with Crippen LogP contribution in [-0.4, -0.2) is 42.1 Å². The lowest BCUT2D eigenvalue weighted by Crippen LogP contribution is -2.56. The summed E-state index contributed by atoms with van der Waals surface area (Å²) in [4.78, 5) is 13.9. The first-order valence-corrected chi connectivity index (χ1v) is 6.05. The number of nitrogens with zero attached hydrogens (tertiary/aromatic N) is 1. The number of ether oxygens (including phenoxy) is 1. The Hall–Kier alpha value is -0.610. The van der Waals surface area contributed by atoms with Gasteiger partial charge in [-0.25, -0.2) is 0 Å². The van der Waals surface area contributed by atoms with E-state index in [1.165, 1.54) is 20.0 Å². The Morgan fingerprint density at radius 1 is 1.56 bits per heavy atom. The van der Waals surface area contributed by atoms with E-state index in [-0.39, 0.29) is 5.97 Å². The summed E-state index contributed by atoms with van der Waals surface area (Å²) in [6.07, 6.45) is 3.51. The molecule has 1 saturated heterocycles. The van der Waals surface area contributed by atoms with Gasteiger partial charge in [-0.2, -0.15) is 0 Å². The Labute approximate surface area is 98.1 Å². The minimum atomic E-state index is -0.902. The second-order valence-electron chi connectivity index (χ2n) is 5.07. The van der Waals surface area contributed by atoms with Gasteiger partial charge in [0.2, 0.25) is 0 Å².